The molecule has 0 amide bonds. The molecule has 82 valence electrons. The quantitative estimate of drug-likeness (QED) is 0.623. The van der Waals surface area contributed by atoms with Crippen molar-refractivity contribution >= 4 is 0 Å². The third-order valence-electron chi connectivity index (χ3n) is 3.20. The van der Waals surface area contributed by atoms with E-state index >= 15 is 0 Å². The summed E-state index contributed by atoms with van der Waals surface area (Å²) in [6.45, 7) is 4.52. The number of hydrogen-bond acceptors (Lipinski definition) is 0. The topological polar surface area (TPSA) is 0 Å². The summed E-state index contributed by atoms with van der Waals surface area (Å²) in [6.07, 6.45) is 0. The van der Waals surface area contributed by atoms with Crippen molar-refractivity contribution in [3.63, 3.8) is 0 Å². The Morgan fingerprint density at radius 2 is 1.69 bits per heavy atom. The zero-order chi connectivity index (χ0) is 11.1. The first-order valence-electron chi connectivity index (χ1n) is 5.60. The number of fused-ring (bicyclic) bond motifs is 2. The summed E-state index contributed by atoms with van der Waals surface area (Å²) in [7, 11) is 0. The van der Waals surface area contributed by atoms with Gasteiger partial charge in [-0.15, -0.1) is 0 Å². The van der Waals surface area contributed by atoms with Crippen LogP contribution in [0.2, 0.25) is 0 Å². The van der Waals surface area contributed by atoms with Crippen LogP contribution in [0.1, 0.15) is 29.5 Å². The average molecular weight is 321 g/mol. The second-order valence-corrected chi connectivity index (χ2v) is 7.23. The monoisotopic (exact) mass is 321 g/mol. The molecule has 0 aromatic heterocycles. The van der Waals surface area contributed by atoms with Crippen LogP contribution in [0.5, 0.6) is 0 Å². The van der Waals surface area contributed by atoms with Crippen molar-refractivity contribution in [1.29, 1.82) is 0 Å². The molecule has 3 rings (SSSR count). The molecule has 16 heavy (non-hydrogen) atoms. The summed E-state index contributed by atoms with van der Waals surface area (Å²) < 4.78 is 3.22. The van der Waals surface area contributed by atoms with Gasteiger partial charge in [0, 0.05) is 0 Å². The molecular weight excluding hydrogens is 307 g/mol. The molecule has 1 aliphatic rings. The van der Waals surface area contributed by atoms with Gasteiger partial charge in [0.25, 0.3) is 0 Å². The predicted molar refractivity (Wildman–Crippen MR) is 62.5 cm³/mol. The number of hydrogen-bond donors (Lipinski definition) is 0. The number of benzene rings is 2. The van der Waals surface area contributed by atoms with Gasteiger partial charge in [-0.3, -0.25) is 0 Å². The first-order valence-corrected chi connectivity index (χ1v) is 7.76. The zero-order valence-electron chi connectivity index (χ0n) is 9.50. The molecule has 0 saturated heterocycles. The van der Waals surface area contributed by atoms with Crippen LogP contribution in [0.3, 0.4) is 0 Å². The second kappa shape index (κ2) is 3.88. The van der Waals surface area contributed by atoms with E-state index in [0.29, 0.717) is 5.92 Å². The molecule has 1 atom stereocenters. The summed E-state index contributed by atoms with van der Waals surface area (Å²) in [5, 5.41) is 0. The van der Waals surface area contributed by atoms with Crippen LogP contribution in [0.15, 0.2) is 42.5 Å². The van der Waals surface area contributed by atoms with Gasteiger partial charge in [-0.05, 0) is 0 Å². The summed E-state index contributed by atoms with van der Waals surface area (Å²) in [5.74, 6) is 0.570. The van der Waals surface area contributed by atoms with Gasteiger partial charge in [-0.1, -0.05) is 0 Å². The average Bonchev–Trinajstić information content (AvgIpc) is 2.29. The van der Waals surface area contributed by atoms with Crippen LogP contribution in [0, 0.1) is 14.1 Å². The van der Waals surface area contributed by atoms with Crippen molar-refractivity contribution in [3.8, 4) is 0 Å². The molecule has 0 N–H and O–H groups in total. The Bertz CT molecular complexity index is 543. The first-order chi connectivity index (χ1) is 7.75. The van der Waals surface area contributed by atoms with Gasteiger partial charge in [0.1, 0.15) is 0 Å². The van der Waals surface area contributed by atoms with Gasteiger partial charge in [0.15, 0.2) is 0 Å². The molecule has 0 fully saturated rings. The van der Waals surface area contributed by atoms with Crippen molar-refractivity contribution in [1.82, 2.24) is 0 Å². The van der Waals surface area contributed by atoms with Gasteiger partial charge < -0.3 is 0 Å². The predicted octanol–water partition coefficient (Wildman–Crippen LogP) is 0.589. The molecule has 1 heterocycles. The van der Waals surface area contributed by atoms with Crippen LogP contribution in [-0.4, -0.2) is 0 Å². The van der Waals surface area contributed by atoms with E-state index in [1.165, 1.54) is 5.56 Å². The molecule has 2 aromatic rings. The molecule has 0 spiro atoms. The number of halogens is 1. The Hall–Kier alpha value is -0.830. The molecule has 0 bridgehead atoms. The summed E-state index contributed by atoms with van der Waals surface area (Å²) in [4.78, 5) is 0. The Balaban J connectivity index is 2.18. The van der Waals surface area contributed by atoms with E-state index in [0.717, 1.165) is 0 Å². The van der Waals surface area contributed by atoms with Crippen molar-refractivity contribution in [2.45, 2.75) is 19.8 Å². The standard InChI is InChI=1S/C15H14I/c1-10-7-8-13-11(2)12-5-3-4-6-14(12)16-15(13)9-10/h3-9,11H,1-2H3/q-1. The zero-order valence-corrected chi connectivity index (χ0v) is 11.7. The molecule has 1 heteroatoms. The van der Waals surface area contributed by atoms with Gasteiger partial charge >= 0.3 is 107 Å². The fraction of sp³-hybridized carbons (Fsp3) is 0.200. The first kappa shape index (κ1) is 10.3. The molecule has 0 radical (unpaired) electrons. The molecule has 1 aliphatic heterocycles. The van der Waals surface area contributed by atoms with E-state index in [1.54, 1.807) is 18.3 Å². The Labute approximate surface area is 107 Å². The molecule has 0 nitrogen and oxygen atoms in total. The Morgan fingerprint density at radius 1 is 0.938 bits per heavy atom. The third kappa shape index (κ3) is 1.58. The van der Waals surface area contributed by atoms with Crippen LogP contribution < -0.4 is 21.2 Å². The van der Waals surface area contributed by atoms with E-state index in [1.807, 2.05) is 0 Å². The summed E-state index contributed by atoms with van der Waals surface area (Å²) >= 11 is 0.0313. The van der Waals surface area contributed by atoms with Crippen molar-refractivity contribution < 1.29 is 21.2 Å². The second-order valence-electron chi connectivity index (χ2n) is 4.36. The Kier molecular flexibility index (Phi) is 2.51. The molecule has 0 aliphatic carbocycles. The van der Waals surface area contributed by atoms with Gasteiger partial charge in [0.2, 0.25) is 0 Å². The molecule has 1 unspecified atom stereocenters. The minimum atomic E-state index is 0.0313. The SMILES string of the molecule is Cc1ccc2c(c1)[I-]c1ccccc1C2C. The summed E-state index contributed by atoms with van der Waals surface area (Å²) in [6, 6.07) is 15.9. The van der Waals surface area contributed by atoms with Crippen LogP contribution in [0.25, 0.3) is 0 Å². The van der Waals surface area contributed by atoms with Crippen LogP contribution in [-0.2, 0) is 0 Å². The maximum absolute atomic E-state index is 2.38. The van der Waals surface area contributed by atoms with E-state index in [2.05, 4.69) is 56.3 Å². The normalized spacial score (nSPS) is 18.2. The van der Waals surface area contributed by atoms with Crippen molar-refractivity contribution in [2.75, 3.05) is 0 Å². The fourth-order valence-corrected chi connectivity index (χ4v) is 5.83. The number of aryl methyl sites for hydroxylation is 1. The molecule has 0 saturated carbocycles. The van der Waals surface area contributed by atoms with E-state index in [9.17, 15) is 0 Å². The van der Waals surface area contributed by atoms with Crippen molar-refractivity contribution in [2.24, 2.45) is 0 Å². The van der Waals surface area contributed by atoms with Gasteiger partial charge in [-0.2, -0.15) is 0 Å². The third-order valence-corrected chi connectivity index (χ3v) is 6.28. The van der Waals surface area contributed by atoms with Gasteiger partial charge in [0.05, 0.1) is 0 Å². The fourth-order valence-electron chi connectivity index (χ4n) is 2.25. The van der Waals surface area contributed by atoms with E-state index < -0.39 is 0 Å². The maximum atomic E-state index is 2.38. The van der Waals surface area contributed by atoms with Crippen LogP contribution >= 0.6 is 0 Å². The summed E-state index contributed by atoms with van der Waals surface area (Å²) in [5.41, 5.74) is 4.49. The molecule has 2 aromatic carbocycles. The van der Waals surface area contributed by atoms with E-state index in [4.69, 9.17) is 0 Å². The number of rotatable bonds is 0. The van der Waals surface area contributed by atoms with Crippen LogP contribution in [0.4, 0.5) is 0 Å². The molecular formula is C15H14I-. The van der Waals surface area contributed by atoms with Gasteiger partial charge in [-0.25, -0.2) is 0 Å². The Morgan fingerprint density at radius 3 is 2.56 bits per heavy atom. The van der Waals surface area contributed by atoms with Crippen molar-refractivity contribution in [3.05, 3.63) is 66.3 Å². The van der Waals surface area contributed by atoms with E-state index in [-0.39, 0.29) is 21.2 Å². The minimum absolute atomic E-state index is 0.0313.